The molecule has 0 aliphatic carbocycles. The third kappa shape index (κ3) is 1.85. The summed E-state index contributed by atoms with van der Waals surface area (Å²) in [5.74, 6) is 0.671. The highest BCUT2D eigenvalue weighted by Crippen LogP contribution is 2.24. The summed E-state index contributed by atoms with van der Waals surface area (Å²) in [5, 5.41) is 4.61. The summed E-state index contributed by atoms with van der Waals surface area (Å²) in [6.45, 7) is 3.73. The molecule has 0 aromatic carbocycles. The molecule has 15 heavy (non-hydrogen) atoms. The summed E-state index contributed by atoms with van der Waals surface area (Å²) in [4.78, 5) is 8.46. The first-order valence-corrected chi connectivity index (χ1v) is 4.95. The van der Waals surface area contributed by atoms with Crippen LogP contribution in [-0.2, 0) is 7.05 Å². The molecule has 0 saturated heterocycles. The SMILES string of the molecule is Cc1nc(Cl)c(C)c(-c2cnn(C)c2)n1. The number of hydrogen-bond acceptors (Lipinski definition) is 3. The van der Waals surface area contributed by atoms with Crippen LogP contribution in [0.5, 0.6) is 0 Å². The normalized spacial score (nSPS) is 10.7. The average Bonchev–Trinajstić information content (AvgIpc) is 2.58. The third-order valence-electron chi connectivity index (χ3n) is 2.18. The largest absolute Gasteiger partial charge is 0.275 e. The predicted octanol–water partition coefficient (Wildman–Crippen LogP) is 2.15. The molecule has 0 amide bonds. The highest BCUT2D eigenvalue weighted by molar-refractivity contribution is 6.30. The van der Waals surface area contributed by atoms with Gasteiger partial charge in [0.05, 0.1) is 11.9 Å². The van der Waals surface area contributed by atoms with Gasteiger partial charge in [0, 0.05) is 24.4 Å². The fourth-order valence-electron chi connectivity index (χ4n) is 1.42. The molecule has 0 atom stereocenters. The number of aryl methyl sites for hydroxylation is 2. The molecule has 0 fully saturated rings. The van der Waals surface area contributed by atoms with E-state index in [4.69, 9.17) is 11.6 Å². The van der Waals surface area contributed by atoms with Gasteiger partial charge in [0.15, 0.2) is 0 Å². The highest BCUT2D eigenvalue weighted by Gasteiger charge is 2.10. The molecule has 0 aliphatic heterocycles. The molecule has 2 heterocycles. The second kappa shape index (κ2) is 3.62. The molecular formula is C10H11ClN4. The van der Waals surface area contributed by atoms with E-state index in [2.05, 4.69) is 15.1 Å². The molecular weight excluding hydrogens is 212 g/mol. The maximum atomic E-state index is 6.00. The van der Waals surface area contributed by atoms with Gasteiger partial charge < -0.3 is 0 Å². The van der Waals surface area contributed by atoms with Crippen molar-refractivity contribution in [2.24, 2.45) is 7.05 Å². The van der Waals surface area contributed by atoms with Crippen LogP contribution in [0.15, 0.2) is 12.4 Å². The van der Waals surface area contributed by atoms with Crippen LogP contribution >= 0.6 is 11.6 Å². The fraction of sp³-hybridized carbons (Fsp3) is 0.300. The molecule has 0 radical (unpaired) electrons. The minimum atomic E-state index is 0.501. The molecule has 2 aromatic heterocycles. The van der Waals surface area contributed by atoms with Gasteiger partial charge in [-0.1, -0.05) is 11.6 Å². The summed E-state index contributed by atoms with van der Waals surface area (Å²) >= 11 is 6.00. The fourth-order valence-corrected chi connectivity index (χ4v) is 1.63. The lowest BCUT2D eigenvalue weighted by Crippen LogP contribution is -1.95. The van der Waals surface area contributed by atoms with Crippen molar-refractivity contribution >= 4 is 11.6 Å². The molecule has 2 rings (SSSR count). The number of hydrogen-bond donors (Lipinski definition) is 0. The van der Waals surface area contributed by atoms with Crippen LogP contribution in [0.2, 0.25) is 5.15 Å². The zero-order valence-electron chi connectivity index (χ0n) is 8.82. The minimum absolute atomic E-state index is 0.501. The van der Waals surface area contributed by atoms with Gasteiger partial charge in [-0.25, -0.2) is 9.97 Å². The average molecular weight is 223 g/mol. The van der Waals surface area contributed by atoms with Crippen molar-refractivity contribution in [1.82, 2.24) is 19.7 Å². The monoisotopic (exact) mass is 222 g/mol. The molecule has 0 bridgehead atoms. The molecule has 0 N–H and O–H groups in total. The van der Waals surface area contributed by atoms with E-state index in [-0.39, 0.29) is 0 Å². The molecule has 2 aromatic rings. The first-order valence-electron chi connectivity index (χ1n) is 4.57. The first-order chi connectivity index (χ1) is 7.08. The maximum absolute atomic E-state index is 6.00. The van der Waals surface area contributed by atoms with E-state index in [0.717, 1.165) is 16.8 Å². The topological polar surface area (TPSA) is 43.6 Å². The molecule has 78 valence electrons. The summed E-state index contributed by atoms with van der Waals surface area (Å²) in [7, 11) is 1.87. The van der Waals surface area contributed by atoms with Crippen LogP contribution in [0.3, 0.4) is 0 Å². The zero-order valence-corrected chi connectivity index (χ0v) is 9.58. The highest BCUT2D eigenvalue weighted by atomic mass is 35.5. The van der Waals surface area contributed by atoms with Gasteiger partial charge in [-0.3, -0.25) is 4.68 Å². The Morgan fingerprint density at radius 1 is 1.27 bits per heavy atom. The van der Waals surface area contributed by atoms with Gasteiger partial charge in [-0.2, -0.15) is 5.10 Å². The van der Waals surface area contributed by atoms with Crippen LogP contribution < -0.4 is 0 Å². The Hall–Kier alpha value is -1.42. The van der Waals surface area contributed by atoms with Crippen LogP contribution in [0.4, 0.5) is 0 Å². The van der Waals surface area contributed by atoms with Gasteiger partial charge in [-0.15, -0.1) is 0 Å². The van der Waals surface area contributed by atoms with Crippen LogP contribution in [0, 0.1) is 13.8 Å². The van der Waals surface area contributed by atoms with Crippen molar-refractivity contribution in [3.05, 3.63) is 28.9 Å². The van der Waals surface area contributed by atoms with Gasteiger partial charge in [-0.05, 0) is 13.8 Å². The molecule has 5 heteroatoms. The van der Waals surface area contributed by atoms with Crippen molar-refractivity contribution in [3.63, 3.8) is 0 Å². The van der Waals surface area contributed by atoms with E-state index >= 15 is 0 Å². The Labute approximate surface area is 92.9 Å². The lowest BCUT2D eigenvalue weighted by molar-refractivity contribution is 0.768. The van der Waals surface area contributed by atoms with Crippen molar-refractivity contribution in [2.45, 2.75) is 13.8 Å². The smallest absolute Gasteiger partial charge is 0.136 e. The zero-order chi connectivity index (χ0) is 11.0. The van der Waals surface area contributed by atoms with Crippen molar-refractivity contribution in [3.8, 4) is 11.3 Å². The maximum Gasteiger partial charge on any atom is 0.136 e. The Bertz CT molecular complexity index is 504. The van der Waals surface area contributed by atoms with Crippen LogP contribution in [0.1, 0.15) is 11.4 Å². The quantitative estimate of drug-likeness (QED) is 0.695. The molecule has 0 saturated carbocycles. The Kier molecular flexibility index (Phi) is 2.44. The summed E-state index contributed by atoms with van der Waals surface area (Å²) in [5.41, 5.74) is 2.69. The van der Waals surface area contributed by atoms with Gasteiger partial charge in [0.25, 0.3) is 0 Å². The first kappa shape index (κ1) is 10.1. The second-order valence-electron chi connectivity index (χ2n) is 3.44. The number of aromatic nitrogens is 4. The van der Waals surface area contributed by atoms with Crippen molar-refractivity contribution in [2.75, 3.05) is 0 Å². The standard InChI is InChI=1S/C10H11ClN4/c1-6-9(8-4-12-15(3)5-8)13-7(2)14-10(6)11/h4-5H,1-3H3. The van der Waals surface area contributed by atoms with E-state index in [0.29, 0.717) is 11.0 Å². The lowest BCUT2D eigenvalue weighted by Gasteiger charge is -2.04. The summed E-state index contributed by atoms with van der Waals surface area (Å²) in [6, 6.07) is 0. The van der Waals surface area contributed by atoms with Crippen LogP contribution in [-0.4, -0.2) is 19.7 Å². The van der Waals surface area contributed by atoms with E-state index in [1.165, 1.54) is 0 Å². The predicted molar refractivity (Wildman–Crippen MR) is 58.7 cm³/mol. The van der Waals surface area contributed by atoms with E-state index in [1.807, 2.05) is 27.1 Å². The van der Waals surface area contributed by atoms with Crippen LogP contribution in [0.25, 0.3) is 11.3 Å². The number of halogens is 1. The third-order valence-corrected chi connectivity index (χ3v) is 2.54. The second-order valence-corrected chi connectivity index (χ2v) is 3.80. The summed E-state index contributed by atoms with van der Waals surface area (Å²) < 4.78 is 1.74. The van der Waals surface area contributed by atoms with Crippen molar-refractivity contribution in [1.29, 1.82) is 0 Å². The van der Waals surface area contributed by atoms with Gasteiger partial charge in [0.1, 0.15) is 11.0 Å². The van der Waals surface area contributed by atoms with E-state index in [1.54, 1.807) is 10.9 Å². The van der Waals surface area contributed by atoms with E-state index < -0.39 is 0 Å². The Balaban J connectivity index is 2.62. The minimum Gasteiger partial charge on any atom is -0.275 e. The Morgan fingerprint density at radius 3 is 2.60 bits per heavy atom. The number of rotatable bonds is 1. The lowest BCUT2D eigenvalue weighted by atomic mass is 10.1. The Morgan fingerprint density at radius 2 is 2.00 bits per heavy atom. The van der Waals surface area contributed by atoms with Gasteiger partial charge in [0.2, 0.25) is 0 Å². The molecule has 0 aliphatic rings. The van der Waals surface area contributed by atoms with Gasteiger partial charge >= 0.3 is 0 Å². The molecule has 4 nitrogen and oxygen atoms in total. The number of nitrogens with zero attached hydrogens (tertiary/aromatic N) is 4. The molecule has 0 unspecified atom stereocenters. The summed E-state index contributed by atoms with van der Waals surface area (Å²) in [6.07, 6.45) is 3.68. The molecule has 0 spiro atoms. The van der Waals surface area contributed by atoms with Crippen molar-refractivity contribution < 1.29 is 0 Å². The van der Waals surface area contributed by atoms with E-state index in [9.17, 15) is 0 Å².